The van der Waals surface area contributed by atoms with E-state index in [2.05, 4.69) is 15.9 Å². The van der Waals surface area contributed by atoms with Crippen LogP contribution in [0, 0.1) is 0 Å². The molecule has 0 aliphatic carbocycles. The Morgan fingerprint density at radius 1 is 1.11 bits per heavy atom. The summed E-state index contributed by atoms with van der Waals surface area (Å²) in [5, 5.41) is 0. The van der Waals surface area contributed by atoms with Crippen LogP contribution in [-0.2, 0) is 4.74 Å². The first-order chi connectivity index (χ1) is 8.61. The highest BCUT2D eigenvalue weighted by Crippen LogP contribution is 2.26. The standard InChI is InChI=1S/C14H12BrNO2/c1-18-14(17)12-8-10(4-7-13(12)15)9-2-5-11(16)6-3-9/h2-8H,16H2,1H3. The molecule has 0 saturated carbocycles. The quantitative estimate of drug-likeness (QED) is 0.682. The van der Waals surface area contributed by atoms with E-state index in [1.807, 2.05) is 36.4 Å². The van der Waals surface area contributed by atoms with Gasteiger partial charge in [-0.05, 0) is 51.3 Å². The van der Waals surface area contributed by atoms with Crippen LogP contribution in [0.1, 0.15) is 10.4 Å². The van der Waals surface area contributed by atoms with Gasteiger partial charge in [-0.3, -0.25) is 0 Å². The van der Waals surface area contributed by atoms with Crippen LogP contribution in [0.25, 0.3) is 11.1 Å². The van der Waals surface area contributed by atoms with Gasteiger partial charge in [0.1, 0.15) is 0 Å². The summed E-state index contributed by atoms with van der Waals surface area (Å²) in [7, 11) is 1.37. The van der Waals surface area contributed by atoms with Crippen molar-refractivity contribution < 1.29 is 9.53 Å². The maximum atomic E-state index is 11.6. The summed E-state index contributed by atoms with van der Waals surface area (Å²) in [6, 6.07) is 13.0. The highest BCUT2D eigenvalue weighted by Gasteiger charge is 2.11. The van der Waals surface area contributed by atoms with Crippen molar-refractivity contribution in [3.05, 3.63) is 52.5 Å². The Kier molecular flexibility index (Phi) is 3.67. The summed E-state index contributed by atoms with van der Waals surface area (Å²) in [6.45, 7) is 0. The smallest absolute Gasteiger partial charge is 0.339 e. The number of nitrogens with two attached hydrogens (primary N) is 1. The minimum absolute atomic E-state index is 0.362. The first-order valence-corrected chi connectivity index (χ1v) is 6.15. The van der Waals surface area contributed by atoms with Crippen molar-refractivity contribution in [2.75, 3.05) is 12.8 Å². The highest BCUT2D eigenvalue weighted by atomic mass is 79.9. The zero-order valence-electron chi connectivity index (χ0n) is 9.81. The van der Waals surface area contributed by atoms with E-state index in [4.69, 9.17) is 10.5 Å². The second-order valence-electron chi connectivity index (χ2n) is 3.81. The SMILES string of the molecule is COC(=O)c1cc(-c2ccc(N)cc2)ccc1Br. The van der Waals surface area contributed by atoms with Crippen LogP contribution >= 0.6 is 15.9 Å². The fraction of sp³-hybridized carbons (Fsp3) is 0.0714. The van der Waals surface area contributed by atoms with Crippen molar-refractivity contribution in [1.82, 2.24) is 0 Å². The van der Waals surface area contributed by atoms with Crippen molar-refractivity contribution >= 4 is 27.6 Å². The number of benzene rings is 2. The Bertz CT molecular complexity index is 579. The third kappa shape index (κ3) is 2.54. The van der Waals surface area contributed by atoms with Crippen LogP contribution in [0.5, 0.6) is 0 Å². The van der Waals surface area contributed by atoms with Gasteiger partial charge in [0, 0.05) is 10.2 Å². The molecule has 0 aliphatic heterocycles. The molecule has 2 aromatic carbocycles. The Morgan fingerprint density at radius 2 is 1.72 bits per heavy atom. The second kappa shape index (κ2) is 5.23. The number of nitrogen functional groups attached to an aromatic ring is 1. The molecule has 0 atom stereocenters. The van der Waals surface area contributed by atoms with E-state index < -0.39 is 0 Å². The number of rotatable bonds is 2. The van der Waals surface area contributed by atoms with Gasteiger partial charge in [-0.1, -0.05) is 18.2 Å². The second-order valence-corrected chi connectivity index (χ2v) is 4.66. The van der Waals surface area contributed by atoms with Gasteiger partial charge in [-0.2, -0.15) is 0 Å². The molecule has 3 nitrogen and oxygen atoms in total. The van der Waals surface area contributed by atoms with Gasteiger partial charge in [-0.25, -0.2) is 4.79 Å². The summed E-state index contributed by atoms with van der Waals surface area (Å²) in [5.41, 5.74) is 8.81. The number of methoxy groups -OCH3 is 1. The number of esters is 1. The van der Waals surface area contributed by atoms with Crippen LogP contribution < -0.4 is 5.73 Å². The summed E-state index contributed by atoms with van der Waals surface area (Å²) in [6.07, 6.45) is 0. The lowest BCUT2D eigenvalue weighted by Gasteiger charge is -2.07. The fourth-order valence-corrected chi connectivity index (χ4v) is 2.06. The van der Waals surface area contributed by atoms with E-state index in [0.717, 1.165) is 11.1 Å². The zero-order valence-corrected chi connectivity index (χ0v) is 11.4. The molecular formula is C14H12BrNO2. The lowest BCUT2D eigenvalue weighted by molar-refractivity contribution is 0.0600. The average Bonchev–Trinajstić information content (AvgIpc) is 2.39. The summed E-state index contributed by atoms with van der Waals surface area (Å²) in [4.78, 5) is 11.6. The largest absolute Gasteiger partial charge is 0.465 e. The van der Waals surface area contributed by atoms with Gasteiger partial charge >= 0.3 is 5.97 Å². The maximum Gasteiger partial charge on any atom is 0.339 e. The first-order valence-electron chi connectivity index (χ1n) is 5.35. The topological polar surface area (TPSA) is 52.3 Å². The third-order valence-corrected chi connectivity index (χ3v) is 3.31. The predicted molar refractivity (Wildman–Crippen MR) is 75.3 cm³/mol. The molecular weight excluding hydrogens is 294 g/mol. The molecule has 2 rings (SSSR count). The molecule has 0 radical (unpaired) electrons. The Balaban J connectivity index is 2.46. The molecule has 0 heterocycles. The van der Waals surface area contributed by atoms with Gasteiger partial charge in [0.2, 0.25) is 0 Å². The number of halogens is 1. The summed E-state index contributed by atoms with van der Waals surface area (Å²) in [5.74, 6) is -0.362. The minimum atomic E-state index is -0.362. The fourth-order valence-electron chi connectivity index (χ4n) is 1.65. The maximum absolute atomic E-state index is 11.6. The molecule has 2 N–H and O–H groups in total. The average molecular weight is 306 g/mol. The minimum Gasteiger partial charge on any atom is -0.465 e. The Labute approximate surface area is 114 Å². The van der Waals surface area contributed by atoms with Crippen LogP contribution in [-0.4, -0.2) is 13.1 Å². The van der Waals surface area contributed by atoms with Gasteiger partial charge in [-0.15, -0.1) is 0 Å². The van der Waals surface area contributed by atoms with E-state index in [1.54, 1.807) is 6.07 Å². The zero-order chi connectivity index (χ0) is 13.1. The number of carbonyl (C=O) groups excluding carboxylic acids is 1. The van der Waals surface area contributed by atoms with E-state index in [1.165, 1.54) is 7.11 Å². The molecule has 0 spiro atoms. The van der Waals surface area contributed by atoms with E-state index in [9.17, 15) is 4.79 Å². The summed E-state index contributed by atoms with van der Waals surface area (Å²) < 4.78 is 5.45. The lowest BCUT2D eigenvalue weighted by atomic mass is 10.0. The third-order valence-electron chi connectivity index (χ3n) is 2.62. The molecule has 0 fully saturated rings. The number of carbonyl (C=O) groups is 1. The monoisotopic (exact) mass is 305 g/mol. The number of anilines is 1. The molecule has 0 unspecified atom stereocenters. The molecule has 0 aromatic heterocycles. The molecule has 0 aliphatic rings. The molecule has 92 valence electrons. The van der Waals surface area contributed by atoms with Crippen molar-refractivity contribution in [3.63, 3.8) is 0 Å². The number of hydrogen-bond acceptors (Lipinski definition) is 3. The molecule has 18 heavy (non-hydrogen) atoms. The van der Waals surface area contributed by atoms with E-state index in [0.29, 0.717) is 15.7 Å². The van der Waals surface area contributed by atoms with Crippen LogP contribution in [0.4, 0.5) is 5.69 Å². The Morgan fingerprint density at radius 3 is 2.33 bits per heavy atom. The van der Waals surface area contributed by atoms with Gasteiger partial charge < -0.3 is 10.5 Å². The van der Waals surface area contributed by atoms with Crippen molar-refractivity contribution in [2.45, 2.75) is 0 Å². The lowest BCUT2D eigenvalue weighted by Crippen LogP contribution is -2.02. The molecule has 0 saturated heterocycles. The van der Waals surface area contributed by atoms with Crippen LogP contribution in [0.15, 0.2) is 46.9 Å². The van der Waals surface area contributed by atoms with Gasteiger partial charge in [0.25, 0.3) is 0 Å². The number of ether oxygens (including phenoxy) is 1. The Hall–Kier alpha value is -1.81. The van der Waals surface area contributed by atoms with Crippen molar-refractivity contribution in [2.24, 2.45) is 0 Å². The molecule has 4 heteroatoms. The van der Waals surface area contributed by atoms with E-state index in [-0.39, 0.29) is 5.97 Å². The predicted octanol–water partition coefficient (Wildman–Crippen LogP) is 3.48. The van der Waals surface area contributed by atoms with Crippen LogP contribution in [0.2, 0.25) is 0 Å². The van der Waals surface area contributed by atoms with E-state index >= 15 is 0 Å². The van der Waals surface area contributed by atoms with Crippen molar-refractivity contribution in [1.29, 1.82) is 0 Å². The molecule has 2 aromatic rings. The first kappa shape index (κ1) is 12.6. The normalized spacial score (nSPS) is 10.1. The molecule has 0 bridgehead atoms. The molecule has 0 amide bonds. The highest BCUT2D eigenvalue weighted by molar-refractivity contribution is 9.10. The van der Waals surface area contributed by atoms with Gasteiger partial charge in [0.15, 0.2) is 0 Å². The van der Waals surface area contributed by atoms with Gasteiger partial charge in [0.05, 0.1) is 12.7 Å². The number of hydrogen-bond donors (Lipinski definition) is 1. The van der Waals surface area contributed by atoms with Crippen molar-refractivity contribution in [3.8, 4) is 11.1 Å². The summed E-state index contributed by atoms with van der Waals surface area (Å²) >= 11 is 3.34. The van der Waals surface area contributed by atoms with Crippen LogP contribution in [0.3, 0.4) is 0 Å².